The summed E-state index contributed by atoms with van der Waals surface area (Å²) < 4.78 is 7.13. The smallest absolute Gasteiger partial charge is 0.293 e. The molecule has 0 aliphatic carbocycles. The maximum absolute atomic E-state index is 11.5. The van der Waals surface area contributed by atoms with Crippen LogP contribution >= 0.6 is 0 Å². The first-order chi connectivity index (χ1) is 11.3. The van der Waals surface area contributed by atoms with Crippen LogP contribution in [0.2, 0.25) is 0 Å². The van der Waals surface area contributed by atoms with E-state index in [9.17, 15) is 15.2 Å². The number of ether oxygens (including phenoxy) is 1. The van der Waals surface area contributed by atoms with E-state index < -0.39 is 5.60 Å². The summed E-state index contributed by atoms with van der Waals surface area (Å²) in [6.45, 7) is 6.44. The number of aryl methyl sites for hydroxylation is 1. The monoisotopic (exact) mass is 334 g/mol. The fraction of sp³-hybridized carbons (Fsp3) is 0.562. The van der Waals surface area contributed by atoms with Gasteiger partial charge in [0, 0.05) is 31.1 Å². The molecule has 1 fully saturated rings. The van der Waals surface area contributed by atoms with Crippen molar-refractivity contribution in [3.8, 4) is 0 Å². The molecule has 1 N–H and O–H groups in total. The minimum Gasteiger partial charge on any atom is -0.390 e. The summed E-state index contributed by atoms with van der Waals surface area (Å²) in [6, 6.07) is 3.41. The fourth-order valence-electron chi connectivity index (χ4n) is 2.86. The third kappa shape index (κ3) is 3.49. The Labute approximate surface area is 139 Å². The number of fused-ring (bicyclic) bond motifs is 1. The van der Waals surface area contributed by atoms with Crippen molar-refractivity contribution in [2.24, 2.45) is 0 Å². The first-order valence-electron chi connectivity index (χ1n) is 8.04. The second-order valence-electron chi connectivity index (χ2n) is 6.69. The van der Waals surface area contributed by atoms with Gasteiger partial charge in [-0.05, 0) is 26.3 Å². The minimum atomic E-state index is -0.786. The molecule has 0 unspecified atom stereocenters. The maximum atomic E-state index is 11.5. The Morgan fingerprint density at radius 2 is 2.08 bits per heavy atom. The molecule has 3 rings (SSSR count). The Balaban J connectivity index is 2.01. The molecule has 1 saturated heterocycles. The van der Waals surface area contributed by atoms with Crippen molar-refractivity contribution in [2.75, 3.05) is 31.2 Å². The average molecular weight is 334 g/mol. The molecule has 1 aromatic carbocycles. The normalized spacial score (nSPS) is 15.9. The zero-order valence-electron chi connectivity index (χ0n) is 13.9. The van der Waals surface area contributed by atoms with Crippen molar-refractivity contribution >= 4 is 22.3 Å². The van der Waals surface area contributed by atoms with Crippen LogP contribution in [0.15, 0.2) is 18.3 Å². The number of aliphatic hydroxyl groups is 1. The van der Waals surface area contributed by atoms with E-state index in [2.05, 4.69) is 5.10 Å². The van der Waals surface area contributed by atoms with Gasteiger partial charge in [0.25, 0.3) is 5.69 Å². The number of anilines is 1. The van der Waals surface area contributed by atoms with E-state index in [4.69, 9.17) is 4.74 Å². The second-order valence-corrected chi connectivity index (χ2v) is 6.69. The fourth-order valence-corrected chi connectivity index (χ4v) is 2.86. The van der Waals surface area contributed by atoms with Gasteiger partial charge in [0.15, 0.2) is 0 Å². The van der Waals surface area contributed by atoms with Crippen LogP contribution in [-0.2, 0) is 11.3 Å². The second kappa shape index (κ2) is 6.37. The molecule has 2 heterocycles. The SMILES string of the molecule is CC(C)(O)CCn1ncc2cc([N+](=O)[O-])c(N3CCOCC3)cc21. The first kappa shape index (κ1) is 16.7. The van der Waals surface area contributed by atoms with Crippen molar-refractivity contribution in [3.05, 3.63) is 28.4 Å². The molecule has 130 valence electrons. The highest BCUT2D eigenvalue weighted by Gasteiger charge is 2.24. The van der Waals surface area contributed by atoms with Gasteiger partial charge in [-0.2, -0.15) is 5.10 Å². The lowest BCUT2D eigenvalue weighted by Gasteiger charge is -2.28. The van der Waals surface area contributed by atoms with E-state index in [1.807, 2.05) is 11.0 Å². The highest BCUT2D eigenvalue weighted by atomic mass is 16.6. The number of nitrogens with zero attached hydrogens (tertiary/aromatic N) is 4. The van der Waals surface area contributed by atoms with Gasteiger partial charge < -0.3 is 14.7 Å². The molecule has 0 bridgehead atoms. The number of rotatable bonds is 5. The Kier molecular flexibility index (Phi) is 4.42. The van der Waals surface area contributed by atoms with Crippen molar-refractivity contribution in [3.63, 3.8) is 0 Å². The van der Waals surface area contributed by atoms with E-state index in [-0.39, 0.29) is 10.6 Å². The van der Waals surface area contributed by atoms with Crippen LogP contribution in [0.3, 0.4) is 0 Å². The number of aromatic nitrogens is 2. The van der Waals surface area contributed by atoms with Crippen LogP contribution in [0.4, 0.5) is 11.4 Å². The van der Waals surface area contributed by atoms with Crippen LogP contribution in [0.1, 0.15) is 20.3 Å². The molecule has 0 saturated carbocycles. The third-order valence-electron chi connectivity index (χ3n) is 4.22. The van der Waals surface area contributed by atoms with Crippen LogP contribution in [0, 0.1) is 10.1 Å². The molecule has 1 aliphatic rings. The van der Waals surface area contributed by atoms with Crippen LogP contribution < -0.4 is 4.90 Å². The quantitative estimate of drug-likeness (QED) is 0.663. The number of hydrogen-bond acceptors (Lipinski definition) is 6. The Morgan fingerprint density at radius 1 is 1.38 bits per heavy atom. The third-order valence-corrected chi connectivity index (χ3v) is 4.22. The van der Waals surface area contributed by atoms with Crippen molar-refractivity contribution in [1.82, 2.24) is 9.78 Å². The summed E-state index contributed by atoms with van der Waals surface area (Å²) in [5.41, 5.74) is 0.741. The molecule has 2 aromatic rings. The predicted octanol–water partition coefficient (Wildman–Crippen LogP) is 1.94. The number of nitro groups is 1. The molecule has 8 heteroatoms. The average Bonchev–Trinajstić information content (AvgIpc) is 2.94. The number of hydrogen-bond donors (Lipinski definition) is 1. The molecule has 0 atom stereocenters. The van der Waals surface area contributed by atoms with Gasteiger partial charge in [0.05, 0.1) is 35.5 Å². The number of benzene rings is 1. The van der Waals surface area contributed by atoms with E-state index >= 15 is 0 Å². The summed E-state index contributed by atoms with van der Waals surface area (Å²) in [7, 11) is 0. The lowest BCUT2D eigenvalue weighted by atomic mass is 10.1. The van der Waals surface area contributed by atoms with E-state index in [0.717, 1.165) is 10.9 Å². The summed E-state index contributed by atoms with van der Waals surface area (Å²) in [4.78, 5) is 13.1. The van der Waals surface area contributed by atoms with Gasteiger partial charge in [-0.15, -0.1) is 0 Å². The number of nitro benzene ring substituents is 1. The number of morpholine rings is 1. The summed E-state index contributed by atoms with van der Waals surface area (Å²) >= 11 is 0. The largest absolute Gasteiger partial charge is 0.390 e. The van der Waals surface area contributed by atoms with Gasteiger partial charge >= 0.3 is 0 Å². The van der Waals surface area contributed by atoms with Crippen molar-refractivity contribution in [2.45, 2.75) is 32.4 Å². The van der Waals surface area contributed by atoms with Crippen molar-refractivity contribution < 1.29 is 14.8 Å². The molecule has 1 aromatic heterocycles. The molecule has 8 nitrogen and oxygen atoms in total. The highest BCUT2D eigenvalue weighted by Crippen LogP contribution is 2.33. The Hall–Kier alpha value is -2.19. The topological polar surface area (TPSA) is 93.7 Å². The first-order valence-corrected chi connectivity index (χ1v) is 8.04. The van der Waals surface area contributed by atoms with Gasteiger partial charge in [0.2, 0.25) is 0 Å². The molecule has 0 amide bonds. The minimum absolute atomic E-state index is 0.0893. The van der Waals surface area contributed by atoms with Gasteiger partial charge in [-0.1, -0.05) is 0 Å². The van der Waals surface area contributed by atoms with Crippen LogP contribution in [0.5, 0.6) is 0 Å². The lowest BCUT2D eigenvalue weighted by molar-refractivity contribution is -0.384. The van der Waals surface area contributed by atoms with Crippen LogP contribution in [0.25, 0.3) is 10.9 Å². The van der Waals surface area contributed by atoms with Gasteiger partial charge in [0.1, 0.15) is 5.69 Å². The van der Waals surface area contributed by atoms with Gasteiger partial charge in [-0.25, -0.2) is 0 Å². The molecule has 0 spiro atoms. The summed E-state index contributed by atoms with van der Waals surface area (Å²) in [6.07, 6.45) is 2.18. The van der Waals surface area contributed by atoms with Gasteiger partial charge in [-0.3, -0.25) is 14.8 Å². The Bertz CT molecular complexity index is 744. The van der Waals surface area contributed by atoms with E-state index in [1.165, 1.54) is 0 Å². The molecular formula is C16H22N4O4. The van der Waals surface area contributed by atoms with Crippen molar-refractivity contribution in [1.29, 1.82) is 0 Å². The molecule has 0 radical (unpaired) electrons. The maximum Gasteiger partial charge on any atom is 0.293 e. The predicted molar refractivity (Wildman–Crippen MR) is 90.3 cm³/mol. The lowest BCUT2D eigenvalue weighted by Crippen LogP contribution is -2.36. The van der Waals surface area contributed by atoms with E-state index in [1.54, 1.807) is 30.8 Å². The summed E-state index contributed by atoms with van der Waals surface area (Å²) in [5.74, 6) is 0. The zero-order chi connectivity index (χ0) is 17.3. The summed E-state index contributed by atoms with van der Waals surface area (Å²) in [5, 5.41) is 26.4. The molecular weight excluding hydrogens is 312 g/mol. The molecule has 24 heavy (non-hydrogen) atoms. The molecule has 1 aliphatic heterocycles. The van der Waals surface area contributed by atoms with E-state index in [0.29, 0.717) is 45.0 Å². The van der Waals surface area contributed by atoms with Crippen LogP contribution in [-0.4, -0.2) is 51.7 Å². The highest BCUT2D eigenvalue weighted by molar-refractivity contribution is 5.88. The standard InChI is InChI=1S/C16H22N4O4/c1-16(2,21)3-4-19-13-10-14(18-5-7-24-8-6-18)15(20(22)23)9-12(13)11-17-19/h9-11,21H,3-8H2,1-2H3. The zero-order valence-corrected chi connectivity index (χ0v) is 13.9. The Morgan fingerprint density at radius 3 is 2.71 bits per heavy atom.